The predicted octanol–water partition coefficient (Wildman–Crippen LogP) is 3.29. The molecule has 0 saturated heterocycles. The van der Waals surface area contributed by atoms with E-state index >= 15 is 0 Å². The standard InChI is InChI=1S/C17H23N3OS/c1-3-10-18-17(21)19-11-9-16-20-13(2)15(22-16)12-14-7-5-4-6-8-14/h4-8H,3,9-12H2,1-2H3,(H2,18,19,21). The third-order valence-corrected chi connectivity index (χ3v) is 4.52. The first-order valence-electron chi connectivity index (χ1n) is 7.70. The van der Waals surface area contributed by atoms with E-state index in [9.17, 15) is 4.79 Å². The van der Waals surface area contributed by atoms with E-state index in [1.54, 1.807) is 11.3 Å². The Hall–Kier alpha value is -1.88. The molecule has 0 atom stereocenters. The zero-order chi connectivity index (χ0) is 15.8. The average Bonchev–Trinajstić information content (AvgIpc) is 2.86. The zero-order valence-corrected chi connectivity index (χ0v) is 14.0. The molecule has 0 aliphatic heterocycles. The number of hydrogen-bond acceptors (Lipinski definition) is 3. The number of urea groups is 1. The molecule has 0 spiro atoms. The molecular formula is C17H23N3OS. The Morgan fingerprint density at radius 3 is 2.64 bits per heavy atom. The number of aromatic nitrogens is 1. The van der Waals surface area contributed by atoms with E-state index in [1.165, 1.54) is 10.4 Å². The van der Waals surface area contributed by atoms with Gasteiger partial charge in [0.1, 0.15) is 0 Å². The van der Waals surface area contributed by atoms with Gasteiger partial charge in [-0.2, -0.15) is 0 Å². The van der Waals surface area contributed by atoms with E-state index in [2.05, 4.69) is 46.8 Å². The third kappa shape index (κ3) is 5.15. The Kier molecular flexibility index (Phi) is 6.40. The third-order valence-electron chi connectivity index (χ3n) is 3.30. The molecule has 0 aliphatic carbocycles. The summed E-state index contributed by atoms with van der Waals surface area (Å²) in [6.45, 7) is 5.42. The van der Waals surface area contributed by atoms with Crippen LogP contribution in [-0.4, -0.2) is 24.1 Å². The molecule has 0 radical (unpaired) electrons. The summed E-state index contributed by atoms with van der Waals surface area (Å²) >= 11 is 1.74. The fourth-order valence-electron chi connectivity index (χ4n) is 2.12. The van der Waals surface area contributed by atoms with Crippen LogP contribution in [0.1, 0.15) is 34.5 Å². The summed E-state index contributed by atoms with van der Waals surface area (Å²) in [5.74, 6) is 0. The minimum absolute atomic E-state index is 0.0976. The van der Waals surface area contributed by atoms with Crippen molar-refractivity contribution in [3.05, 3.63) is 51.5 Å². The summed E-state index contributed by atoms with van der Waals surface area (Å²) in [5, 5.41) is 6.74. The summed E-state index contributed by atoms with van der Waals surface area (Å²) in [4.78, 5) is 17.4. The Morgan fingerprint density at radius 1 is 1.18 bits per heavy atom. The number of benzene rings is 1. The Bertz CT molecular complexity index is 595. The number of aryl methyl sites for hydroxylation is 1. The highest BCUT2D eigenvalue weighted by molar-refractivity contribution is 7.11. The van der Waals surface area contributed by atoms with E-state index in [4.69, 9.17) is 0 Å². The lowest BCUT2D eigenvalue weighted by atomic mass is 10.1. The minimum Gasteiger partial charge on any atom is -0.338 e. The van der Waals surface area contributed by atoms with Crippen LogP contribution in [-0.2, 0) is 12.8 Å². The number of nitrogens with zero attached hydrogens (tertiary/aromatic N) is 1. The van der Waals surface area contributed by atoms with Crippen molar-refractivity contribution in [1.29, 1.82) is 0 Å². The van der Waals surface area contributed by atoms with Gasteiger partial charge in [0.05, 0.1) is 10.7 Å². The van der Waals surface area contributed by atoms with Crippen LogP contribution in [0.25, 0.3) is 0 Å². The van der Waals surface area contributed by atoms with Gasteiger partial charge >= 0.3 is 6.03 Å². The fourth-order valence-corrected chi connectivity index (χ4v) is 3.23. The van der Waals surface area contributed by atoms with Gasteiger partial charge in [-0.1, -0.05) is 37.3 Å². The first kappa shape index (κ1) is 16.5. The lowest BCUT2D eigenvalue weighted by Gasteiger charge is -2.04. The van der Waals surface area contributed by atoms with Gasteiger partial charge < -0.3 is 10.6 Å². The number of amides is 2. The number of nitrogens with one attached hydrogen (secondary N) is 2. The molecule has 2 N–H and O–H groups in total. The van der Waals surface area contributed by atoms with Gasteiger partial charge in [0.15, 0.2) is 0 Å². The van der Waals surface area contributed by atoms with Crippen molar-refractivity contribution in [2.24, 2.45) is 0 Å². The molecule has 2 rings (SSSR count). The summed E-state index contributed by atoms with van der Waals surface area (Å²) in [5.41, 5.74) is 2.40. The Morgan fingerprint density at radius 2 is 1.91 bits per heavy atom. The van der Waals surface area contributed by atoms with E-state index in [1.807, 2.05) is 13.0 Å². The Balaban J connectivity index is 1.83. The normalized spacial score (nSPS) is 10.5. The van der Waals surface area contributed by atoms with Crippen LogP contribution in [0.2, 0.25) is 0 Å². The highest BCUT2D eigenvalue weighted by Gasteiger charge is 2.08. The quantitative estimate of drug-likeness (QED) is 0.823. The second-order valence-corrected chi connectivity index (χ2v) is 6.38. The SMILES string of the molecule is CCCNC(=O)NCCc1nc(C)c(Cc2ccccc2)s1. The maximum Gasteiger partial charge on any atom is 0.314 e. The Labute approximate surface area is 136 Å². The maximum absolute atomic E-state index is 11.5. The van der Waals surface area contributed by atoms with Crippen molar-refractivity contribution < 1.29 is 4.79 Å². The number of hydrogen-bond donors (Lipinski definition) is 2. The molecule has 0 aliphatic rings. The number of thiazole rings is 1. The van der Waals surface area contributed by atoms with Gasteiger partial charge in [-0.15, -0.1) is 11.3 Å². The lowest BCUT2D eigenvalue weighted by molar-refractivity contribution is 0.241. The highest BCUT2D eigenvalue weighted by Crippen LogP contribution is 2.21. The molecule has 22 heavy (non-hydrogen) atoms. The summed E-state index contributed by atoms with van der Waals surface area (Å²) < 4.78 is 0. The van der Waals surface area contributed by atoms with Crippen LogP contribution in [0.3, 0.4) is 0 Å². The molecular weight excluding hydrogens is 294 g/mol. The van der Waals surface area contributed by atoms with Crippen LogP contribution < -0.4 is 10.6 Å². The van der Waals surface area contributed by atoms with Crippen LogP contribution in [0, 0.1) is 6.92 Å². The summed E-state index contributed by atoms with van der Waals surface area (Å²) in [7, 11) is 0. The van der Waals surface area contributed by atoms with E-state index < -0.39 is 0 Å². The topological polar surface area (TPSA) is 54.0 Å². The second-order valence-electron chi connectivity index (χ2n) is 5.21. The molecule has 2 amide bonds. The zero-order valence-electron chi connectivity index (χ0n) is 13.2. The molecule has 0 fully saturated rings. The molecule has 4 nitrogen and oxygen atoms in total. The minimum atomic E-state index is -0.0976. The van der Waals surface area contributed by atoms with Gasteiger partial charge in [0.25, 0.3) is 0 Å². The molecule has 0 bridgehead atoms. The first-order valence-corrected chi connectivity index (χ1v) is 8.51. The largest absolute Gasteiger partial charge is 0.338 e. The predicted molar refractivity (Wildman–Crippen MR) is 91.5 cm³/mol. The number of carbonyl (C=O) groups excluding carboxylic acids is 1. The lowest BCUT2D eigenvalue weighted by Crippen LogP contribution is -2.36. The van der Waals surface area contributed by atoms with Gasteiger partial charge in [-0.25, -0.2) is 9.78 Å². The smallest absolute Gasteiger partial charge is 0.314 e. The molecule has 0 saturated carbocycles. The van der Waals surface area contributed by atoms with Crippen molar-refractivity contribution in [1.82, 2.24) is 15.6 Å². The molecule has 2 aromatic rings. The summed E-state index contributed by atoms with van der Waals surface area (Å²) in [6.07, 6.45) is 2.65. The molecule has 1 aromatic heterocycles. The highest BCUT2D eigenvalue weighted by atomic mass is 32.1. The van der Waals surface area contributed by atoms with Crippen LogP contribution in [0.5, 0.6) is 0 Å². The van der Waals surface area contributed by atoms with E-state index in [-0.39, 0.29) is 6.03 Å². The van der Waals surface area contributed by atoms with Gasteiger partial charge in [0, 0.05) is 30.8 Å². The van der Waals surface area contributed by atoms with Crippen molar-refractivity contribution in [2.45, 2.75) is 33.1 Å². The van der Waals surface area contributed by atoms with Crippen molar-refractivity contribution >= 4 is 17.4 Å². The van der Waals surface area contributed by atoms with Crippen molar-refractivity contribution in [3.63, 3.8) is 0 Å². The van der Waals surface area contributed by atoms with Gasteiger partial charge in [-0.05, 0) is 18.9 Å². The van der Waals surface area contributed by atoms with Gasteiger partial charge in [0.2, 0.25) is 0 Å². The van der Waals surface area contributed by atoms with Crippen LogP contribution in [0.4, 0.5) is 4.79 Å². The maximum atomic E-state index is 11.5. The van der Waals surface area contributed by atoms with Crippen molar-refractivity contribution in [3.8, 4) is 0 Å². The van der Waals surface area contributed by atoms with Crippen molar-refractivity contribution in [2.75, 3.05) is 13.1 Å². The molecule has 0 unspecified atom stereocenters. The fraction of sp³-hybridized carbons (Fsp3) is 0.412. The van der Waals surface area contributed by atoms with Crippen LogP contribution >= 0.6 is 11.3 Å². The second kappa shape index (κ2) is 8.54. The average molecular weight is 317 g/mol. The summed E-state index contributed by atoms with van der Waals surface area (Å²) in [6, 6.07) is 10.3. The molecule has 118 valence electrons. The number of carbonyl (C=O) groups is 1. The first-order chi connectivity index (χ1) is 10.7. The molecule has 1 aromatic carbocycles. The monoisotopic (exact) mass is 317 g/mol. The van der Waals surface area contributed by atoms with Gasteiger partial charge in [-0.3, -0.25) is 0 Å². The van der Waals surface area contributed by atoms with Crippen LogP contribution in [0.15, 0.2) is 30.3 Å². The molecule has 1 heterocycles. The van der Waals surface area contributed by atoms with E-state index in [0.717, 1.165) is 30.0 Å². The van der Waals surface area contributed by atoms with E-state index in [0.29, 0.717) is 13.1 Å². The number of rotatable bonds is 7. The molecule has 5 heteroatoms.